The number of phenols is 1. The molecule has 0 radical (unpaired) electrons. The lowest BCUT2D eigenvalue weighted by Crippen LogP contribution is -2.40. The number of fused-ring (bicyclic) bond motifs is 3. The van der Waals surface area contributed by atoms with E-state index in [4.69, 9.17) is 0 Å². The average Bonchev–Trinajstić information content (AvgIpc) is 2.98. The van der Waals surface area contributed by atoms with Gasteiger partial charge in [-0.15, -0.1) is 0 Å². The summed E-state index contributed by atoms with van der Waals surface area (Å²) in [6, 6.07) is 3.04. The van der Waals surface area contributed by atoms with Gasteiger partial charge < -0.3 is 5.11 Å². The van der Waals surface area contributed by atoms with Crippen LogP contribution >= 0.6 is 15.9 Å². The third kappa shape index (κ3) is 2.67. The van der Waals surface area contributed by atoms with Crippen LogP contribution in [0.25, 0.3) is 0 Å². The number of nitrogens with zero attached hydrogens (tertiary/aromatic N) is 3. The minimum atomic E-state index is -0.571. The summed E-state index contributed by atoms with van der Waals surface area (Å²) in [7, 11) is 1.43. The minimum Gasteiger partial charge on any atom is -0.507 e. The highest BCUT2D eigenvalue weighted by atomic mass is 79.9. The summed E-state index contributed by atoms with van der Waals surface area (Å²) in [6.07, 6.45) is 3.32. The summed E-state index contributed by atoms with van der Waals surface area (Å²) in [6.45, 7) is 3.75. The molecule has 2 unspecified atom stereocenters. The minimum absolute atomic E-state index is 0.143. The van der Waals surface area contributed by atoms with E-state index in [2.05, 4.69) is 15.9 Å². The van der Waals surface area contributed by atoms with Crippen LogP contribution in [0.4, 0.5) is 0 Å². The van der Waals surface area contributed by atoms with E-state index in [-0.39, 0.29) is 34.8 Å². The third-order valence-corrected chi connectivity index (χ3v) is 7.23. The molecule has 2 aliphatic carbocycles. The molecule has 0 saturated heterocycles. The Labute approximate surface area is 190 Å². The van der Waals surface area contributed by atoms with Crippen LogP contribution in [0.3, 0.4) is 0 Å². The third-order valence-electron chi connectivity index (χ3n) is 6.64. The fourth-order valence-electron chi connectivity index (χ4n) is 5.12. The van der Waals surface area contributed by atoms with Crippen molar-refractivity contribution in [3.05, 3.63) is 83.1 Å². The molecule has 32 heavy (non-hydrogen) atoms. The second kappa shape index (κ2) is 6.90. The number of aryl methyl sites for hydroxylation is 2. The van der Waals surface area contributed by atoms with Crippen molar-refractivity contribution in [3.63, 3.8) is 0 Å². The van der Waals surface area contributed by atoms with Crippen molar-refractivity contribution in [2.45, 2.75) is 38.8 Å². The van der Waals surface area contributed by atoms with Gasteiger partial charge >= 0.3 is 11.4 Å². The molecule has 1 aromatic heterocycles. The Kier molecular flexibility index (Phi) is 4.46. The molecule has 0 spiro atoms. The van der Waals surface area contributed by atoms with Gasteiger partial charge in [-0.1, -0.05) is 18.2 Å². The van der Waals surface area contributed by atoms with Crippen LogP contribution in [-0.4, -0.2) is 30.6 Å². The maximum Gasteiger partial charge on any atom is 0.347 e. The Bertz CT molecular complexity index is 1440. The van der Waals surface area contributed by atoms with Gasteiger partial charge in [-0.2, -0.15) is 0 Å². The van der Waals surface area contributed by atoms with E-state index in [1.165, 1.54) is 22.5 Å². The Balaban J connectivity index is 1.81. The first-order valence-electron chi connectivity index (χ1n) is 10.2. The van der Waals surface area contributed by atoms with Crippen LogP contribution in [0, 0.1) is 13.8 Å². The molecular formula is C23H20BrN3O5. The van der Waals surface area contributed by atoms with Crippen molar-refractivity contribution >= 4 is 27.5 Å². The van der Waals surface area contributed by atoms with Crippen LogP contribution in [0.2, 0.25) is 0 Å². The maximum atomic E-state index is 13.1. The SMILES string of the molecule is Cc1cc(C2C3=CCn4c(=O)n(C)c(=O)n4C3CC3=C2C(=O)C=C(Br)C3=O)cc(C)c1O. The predicted molar refractivity (Wildman–Crippen MR) is 120 cm³/mol. The highest BCUT2D eigenvalue weighted by Crippen LogP contribution is 2.50. The number of ketones is 2. The largest absolute Gasteiger partial charge is 0.507 e. The monoisotopic (exact) mass is 497 g/mol. The quantitative estimate of drug-likeness (QED) is 0.479. The van der Waals surface area contributed by atoms with Crippen LogP contribution in [0.5, 0.6) is 5.75 Å². The number of hydrogen-bond acceptors (Lipinski definition) is 5. The van der Waals surface area contributed by atoms with E-state index in [0.29, 0.717) is 22.3 Å². The Hall–Kier alpha value is -3.20. The summed E-state index contributed by atoms with van der Waals surface area (Å²) in [5.74, 6) is -0.942. The van der Waals surface area contributed by atoms with Gasteiger partial charge in [0.05, 0.1) is 17.1 Å². The number of carbonyl (C=O) groups excluding carboxylic acids is 2. The highest BCUT2D eigenvalue weighted by Gasteiger charge is 2.44. The first-order valence-corrected chi connectivity index (χ1v) is 11.0. The molecule has 2 atom stereocenters. The molecule has 9 heteroatoms. The van der Waals surface area contributed by atoms with Crippen molar-refractivity contribution in [2.75, 3.05) is 0 Å². The number of halogens is 1. The molecule has 2 heterocycles. The first-order chi connectivity index (χ1) is 15.1. The fraction of sp³-hybridized carbons (Fsp3) is 0.304. The number of benzene rings is 1. The zero-order valence-electron chi connectivity index (χ0n) is 17.7. The second-order valence-corrected chi connectivity index (χ2v) is 9.34. The lowest BCUT2D eigenvalue weighted by molar-refractivity contribution is -0.115. The molecule has 1 aliphatic heterocycles. The number of phenolic OH excluding ortho intramolecular Hbond substituents is 1. The van der Waals surface area contributed by atoms with Crippen molar-refractivity contribution in [1.82, 2.24) is 13.9 Å². The lowest BCUT2D eigenvalue weighted by Gasteiger charge is -2.39. The molecule has 0 saturated carbocycles. The summed E-state index contributed by atoms with van der Waals surface area (Å²) in [5.41, 5.74) is 2.71. The topological polar surface area (TPSA) is 103 Å². The summed E-state index contributed by atoms with van der Waals surface area (Å²) >= 11 is 3.20. The van der Waals surface area contributed by atoms with Gasteiger partial charge in [0.25, 0.3) is 0 Å². The van der Waals surface area contributed by atoms with E-state index >= 15 is 0 Å². The Morgan fingerprint density at radius 3 is 2.38 bits per heavy atom. The van der Waals surface area contributed by atoms with E-state index in [0.717, 1.165) is 15.7 Å². The van der Waals surface area contributed by atoms with E-state index in [1.54, 1.807) is 26.0 Å². The van der Waals surface area contributed by atoms with Gasteiger partial charge in [0.2, 0.25) is 0 Å². The normalized spacial score (nSPS) is 22.2. The first kappa shape index (κ1) is 20.7. The number of aromatic hydroxyl groups is 1. The number of Topliss-reactive ketones (excluding diaryl/α,β-unsaturated/α-hetero) is 1. The molecule has 5 rings (SSSR count). The molecule has 8 nitrogen and oxygen atoms in total. The van der Waals surface area contributed by atoms with Gasteiger partial charge in [-0.25, -0.2) is 23.5 Å². The summed E-state index contributed by atoms with van der Waals surface area (Å²) in [5, 5.41) is 10.3. The molecule has 2 aromatic rings. The molecule has 164 valence electrons. The van der Waals surface area contributed by atoms with Crippen LogP contribution in [-0.2, 0) is 23.2 Å². The van der Waals surface area contributed by atoms with E-state index < -0.39 is 23.3 Å². The number of aromatic nitrogens is 3. The molecular weight excluding hydrogens is 478 g/mol. The fourth-order valence-corrected chi connectivity index (χ4v) is 5.57. The van der Waals surface area contributed by atoms with Crippen molar-refractivity contribution < 1.29 is 14.7 Å². The lowest BCUT2D eigenvalue weighted by atomic mass is 9.68. The smallest absolute Gasteiger partial charge is 0.347 e. The van der Waals surface area contributed by atoms with Crippen molar-refractivity contribution in [1.29, 1.82) is 0 Å². The second-order valence-electron chi connectivity index (χ2n) is 8.49. The molecule has 1 N–H and O–H groups in total. The predicted octanol–water partition coefficient (Wildman–Crippen LogP) is 2.07. The summed E-state index contributed by atoms with van der Waals surface area (Å²) in [4.78, 5) is 51.6. The maximum absolute atomic E-state index is 13.1. The van der Waals surface area contributed by atoms with Gasteiger partial charge in [-0.05, 0) is 52.0 Å². The van der Waals surface area contributed by atoms with Gasteiger partial charge in [-0.3, -0.25) is 9.59 Å². The zero-order chi connectivity index (χ0) is 23.1. The van der Waals surface area contributed by atoms with Crippen LogP contribution < -0.4 is 11.4 Å². The molecule has 1 aromatic carbocycles. The zero-order valence-corrected chi connectivity index (χ0v) is 19.3. The van der Waals surface area contributed by atoms with Gasteiger partial charge in [0.1, 0.15) is 5.75 Å². The summed E-state index contributed by atoms with van der Waals surface area (Å²) < 4.78 is 4.00. The van der Waals surface area contributed by atoms with Crippen LogP contribution in [0.15, 0.2) is 55.1 Å². The Morgan fingerprint density at radius 2 is 1.72 bits per heavy atom. The highest BCUT2D eigenvalue weighted by molar-refractivity contribution is 9.12. The van der Waals surface area contributed by atoms with Crippen molar-refractivity contribution in [3.8, 4) is 5.75 Å². The molecule has 0 fully saturated rings. The molecule has 3 aliphatic rings. The van der Waals surface area contributed by atoms with Gasteiger partial charge in [0.15, 0.2) is 11.6 Å². The number of allylic oxidation sites excluding steroid dienone is 6. The molecule has 0 bridgehead atoms. The Morgan fingerprint density at radius 1 is 1.06 bits per heavy atom. The number of hydrogen-bond donors (Lipinski definition) is 1. The van der Waals surface area contributed by atoms with Crippen LogP contribution in [0.1, 0.15) is 35.1 Å². The molecule has 0 amide bonds. The average molecular weight is 498 g/mol. The standard InChI is InChI=1S/C23H20BrN3O5/c1-10-6-12(7-11(2)20(10)29)18-13-4-5-26-22(31)25(3)23(32)27(26)16(13)8-14-19(18)17(28)9-15(24)21(14)30/h4,6-7,9,16,18,29H,5,8H2,1-3H3. The van der Waals surface area contributed by atoms with Gasteiger partial charge in [0, 0.05) is 36.6 Å². The number of rotatable bonds is 1. The van der Waals surface area contributed by atoms with E-state index in [1.807, 2.05) is 6.08 Å². The van der Waals surface area contributed by atoms with Crippen molar-refractivity contribution in [2.24, 2.45) is 7.05 Å². The van der Waals surface area contributed by atoms with E-state index in [9.17, 15) is 24.3 Å². The number of carbonyl (C=O) groups is 2.